The number of carbonyl (C=O) groups excluding carboxylic acids is 1. The van der Waals surface area contributed by atoms with Crippen LogP contribution >= 0.6 is 0 Å². The molecule has 0 aliphatic heterocycles. The number of para-hydroxylation sites is 1. The molecular formula is C21H24F3N3O2. The van der Waals surface area contributed by atoms with Crippen LogP contribution in [0.4, 0.5) is 18.9 Å². The van der Waals surface area contributed by atoms with Crippen LogP contribution in [0, 0.1) is 0 Å². The molecule has 1 N–H and O–H groups in total. The molecule has 1 fully saturated rings. The maximum absolute atomic E-state index is 12.7. The van der Waals surface area contributed by atoms with E-state index >= 15 is 0 Å². The first-order valence-electron chi connectivity index (χ1n) is 9.63. The summed E-state index contributed by atoms with van der Waals surface area (Å²) in [5.74, 6) is -0.385. The van der Waals surface area contributed by atoms with Gasteiger partial charge in [0.2, 0.25) is 5.88 Å². The first kappa shape index (κ1) is 21.0. The van der Waals surface area contributed by atoms with E-state index in [1.165, 1.54) is 6.20 Å². The largest absolute Gasteiger partial charge is 0.468 e. The van der Waals surface area contributed by atoms with Crippen molar-refractivity contribution in [3.63, 3.8) is 0 Å². The summed E-state index contributed by atoms with van der Waals surface area (Å²) < 4.78 is 42.8. The monoisotopic (exact) mass is 407 g/mol. The number of nitrogens with one attached hydrogen (secondary N) is 1. The molecule has 8 heteroatoms. The number of ether oxygens (including phenoxy) is 1. The smallest absolute Gasteiger partial charge is 0.422 e. The maximum Gasteiger partial charge on any atom is 0.422 e. The Labute approximate surface area is 167 Å². The number of hydrazine groups is 1. The molecule has 0 bridgehead atoms. The number of benzene rings is 1. The van der Waals surface area contributed by atoms with Crippen molar-refractivity contribution in [2.45, 2.75) is 44.2 Å². The van der Waals surface area contributed by atoms with Gasteiger partial charge in [-0.25, -0.2) is 4.98 Å². The van der Waals surface area contributed by atoms with E-state index in [1.54, 1.807) is 18.1 Å². The van der Waals surface area contributed by atoms with Crippen LogP contribution in [-0.2, 0) is 0 Å². The minimum absolute atomic E-state index is 0.0396. The van der Waals surface area contributed by atoms with Gasteiger partial charge in [-0.1, -0.05) is 37.5 Å². The van der Waals surface area contributed by atoms with Gasteiger partial charge in [0.15, 0.2) is 6.61 Å². The van der Waals surface area contributed by atoms with Gasteiger partial charge in [-0.3, -0.25) is 15.2 Å². The number of hydrogen-bond donors (Lipinski definition) is 1. The van der Waals surface area contributed by atoms with Crippen LogP contribution in [0.25, 0.3) is 0 Å². The van der Waals surface area contributed by atoms with Gasteiger partial charge in [-0.2, -0.15) is 13.2 Å². The molecule has 156 valence electrons. The Morgan fingerprint density at radius 3 is 2.55 bits per heavy atom. The first-order valence-corrected chi connectivity index (χ1v) is 9.63. The third kappa shape index (κ3) is 5.85. The summed E-state index contributed by atoms with van der Waals surface area (Å²) in [6.07, 6.45) is 1.60. The fraction of sp³-hybridized carbons (Fsp3) is 0.429. The van der Waals surface area contributed by atoms with E-state index < -0.39 is 12.8 Å². The maximum atomic E-state index is 12.7. The summed E-state index contributed by atoms with van der Waals surface area (Å²) in [5.41, 5.74) is 4.41. The fourth-order valence-electron chi connectivity index (χ4n) is 3.50. The Morgan fingerprint density at radius 2 is 1.90 bits per heavy atom. The average molecular weight is 407 g/mol. The molecule has 5 nitrogen and oxygen atoms in total. The van der Waals surface area contributed by atoms with E-state index in [0.29, 0.717) is 5.56 Å². The zero-order valence-electron chi connectivity index (χ0n) is 16.2. The van der Waals surface area contributed by atoms with Gasteiger partial charge in [0, 0.05) is 18.8 Å². The van der Waals surface area contributed by atoms with Crippen LogP contribution in [0.3, 0.4) is 0 Å². The van der Waals surface area contributed by atoms with Crippen LogP contribution in [-0.4, -0.2) is 30.7 Å². The second kappa shape index (κ2) is 9.15. The number of hydrogen-bond acceptors (Lipinski definition) is 4. The number of nitrogens with zero attached hydrogens (tertiary/aromatic N) is 2. The molecule has 1 heterocycles. The van der Waals surface area contributed by atoms with Gasteiger partial charge in [-0.05, 0) is 37.0 Å². The predicted molar refractivity (Wildman–Crippen MR) is 104 cm³/mol. The summed E-state index contributed by atoms with van der Waals surface area (Å²) in [7, 11) is 1.71. The number of rotatable bonds is 6. The highest BCUT2D eigenvalue weighted by Gasteiger charge is 2.30. The van der Waals surface area contributed by atoms with Crippen LogP contribution in [0.1, 0.15) is 53.9 Å². The first-order chi connectivity index (χ1) is 13.8. The zero-order chi connectivity index (χ0) is 20.9. The minimum Gasteiger partial charge on any atom is -0.468 e. The summed E-state index contributed by atoms with van der Waals surface area (Å²) in [5, 5.41) is 1.58. The molecule has 1 saturated carbocycles. The van der Waals surface area contributed by atoms with Gasteiger partial charge in [0.1, 0.15) is 0 Å². The second-order valence-corrected chi connectivity index (χ2v) is 7.19. The van der Waals surface area contributed by atoms with Crippen LogP contribution in [0.15, 0.2) is 42.6 Å². The Morgan fingerprint density at radius 1 is 1.21 bits per heavy atom. The Kier molecular flexibility index (Phi) is 6.61. The molecule has 0 unspecified atom stereocenters. The third-order valence-corrected chi connectivity index (χ3v) is 4.97. The van der Waals surface area contributed by atoms with Crippen LogP contribution in [0.2, 0.25) is 0 Å². The van der Waals surface area contributed by atoms with Gasteiger partial charge < -0.3 is 4.74 Å². The standard InChI is InChI=1S/C21H24F3N3O2/c1-27(17-10-6-3-7-11-17)26-19(28)16-12-18(15-8-4-2-5-9-15)20(25-13-16)29-14-21(22,23)24/h3,6-7,10-13,15H,2,4-5,8-9,14H2,1H3,(H,26,28). The lowest BCUT2D eigenvalue weighted by atomic mass is 9.84. The molecule has 1 aromatic carbocycles. The summed E-state index contributed by atoms with van der Waals surface area (Å²) in [4.78, 5) is 16.7. The summed E-state index contributed by atoms with van der Waals surface area (Å²) >= 11 is 0. The minimum atomic E-state index is -4.44. The number of halogens is 3. The average Bonchev–Trinajstić information content (AvgIpc) is 2.72. The highest BCUT2D eigenvalue weighted by atomic mass is 19.4. The fourth-order valence-corrected chi connectivity index (χ4v) is 3.50. The number of aromatic nitrogens is 1. The molecule has 29 heavy (non-hydrogen) atoms. The van der Waals surface area contributed by atoms with Crippen LogP contribution < -0.4 is 15.2 Å². The third-order valence-electron chi connectivity index (χ3n) is 4.97. The summed E-state index contributed by atoms with van der Waals surface area (Å²) in [6, 6.07) is 10.9. The number of anilines is 1. The number of pyridine rings is 1. The zero-order valence-corrected chi connectivity index (χ0v) is 16.2. The van der Waals surface area contributed by atoms with E-state index in [-0.39, 0.29) is 23.3 Å². The molecule has 0 saturated heterocycles. The molecule has 1 aliphatic rings. The van der Waals surface area contributed by atoms with Crippen molar-refractivity contribution in [2.75, 3.05) is 18.7 Å². The Bertz CT molecular complexity index is 822. The van der Waals surface area contributed by atoms with Gasteiger partial charge >= 0.3 is 6.18 Å². The molecule has 0 atom stereocenters. The number of carbonyl (C=O) groups is 1. The van der Waals surface area contributed by atoms with Crippen molar-refractivity contribution in [3.05, 3.63) is 53.7 Å². The lowest BCUT2D eigenvalue weighted by Gasteiger charge is -2.25. The molecule has 0 radical (unpaired) electrons. The molecule has 1 aromatic heterocycles. The second-order valence-electron chi connectivity index (χ2n) is 7.19. The van der Waals surface area contributed by atoms with E-state index in [2.05, 4.69) is 10.4 Å². The van der Waals surface area contributed by atoms with Gasteiger partial charge in [0.05, 0.1) is 11.3 Å². The van der Waals surface area contributed by atoms with Crippen molar-refractivity contribution in [1.82, 2.24) is 10.4 Å². The van der Waals surface area contributed by atoms with Crippen molar-refractivity contribution in [1.29, 1.82) is 0 Å². The van der Waals surface area contributed by atoms with Crippen molar-refractivity contribution >= 4 is 11.6 Å². The lowest BCUT2D eigenvalue weighted by molar-refractivity contribution is -0.154. The number of amides is 1. The van der Waals surface area contributed by atoms with Crippen molar-refractivity contribution in [2.24, 2.45) is 0 Å². The molecular weight excluding hydrogens is 383 g/mol. The van der Waals surface area contributed by atoms with Crippen molar-refractivity contribution in [3.8, 4) is 5.88 Å². The predicted octanol–water partition coefficient (Wildman–Crippen LogP) is 4.85. The van der Waals surface area contributed by atoms with Gasteiger partial charge in [0.25, 0.3) is 5.91 Å². The van der Waals surface area contributed by atoms with E-state index in [9.17, 15) is 18.0 Å². The highest BCUT2D eigenvalue weighted by Crippen LogP contribution is 2.37. The Hall–Kier alpha value is -2.77. The molecule has 1 aliphatic carbocycles. The molecule has 1 amide bonds. The van der Waals surface area contributed by atoms with Crippen LogP contribution in [0.5, 0.6) is 5.88 Å². The van der Waals surface area contributed by atoms with E-state index in [0.717, 1.165) is 37.8 Å². The van der Waals surface area contributed by atoms with Gasteiger partial charge in [-0.15, -0.1) is 0 Å². The Balaban J connectivity index is 1.80. The molecule has 0 spiro atoms. The number of alkyl halides is 3. The van der Waals surface area contributed by atoms with E-state index in [1.807, 2.05) is 30.3 Å². The molecule has 2 aromatic rings. The lowest BCUT2D eigenvalue weighted by Crippen LogP contribution is -2.39. The highest BCUT2D eigenvalue weighted by molar-refractivity contribution is 5.95. The molecule has 3 rings (SSSR count). The van der Waals surface area contributed by atoms with E-state index in [4.69, 9.17) is 4.74 Å². The topological polar surface area (TPSA) is 54.5 Å². The SMILES string of the molecule is CN(NC(=O)c1cnc(OCC(F)(F)F)c(C2CCCCC2)c1)c1ccccc1. The normalized spacial score (nSPS) is 15.0. The van der Waals surface area contributed by atoms with Crippen molar-refractivity contribution < 1.29 is 22.7 Å². The summed E-state index contributed by atoms with van der Waals surface area (Å²) in [6.45, 7) is -1.40. The quantitative estimate of drug-likeness (QED) is 0.696.